The maximum atomic E-state index is 12.6. The van der Waals surface area contributed by atoms with Gasteiger partial charge in [-0.2, -0.15) is 4.31 Å². The van der Waals surface area contributed by atoms with Crippen molar-refractivity contribution in [3.8, 4) is 0 Å². The zero-order chi connectivity index (χ0) is 25.0. The Labute approximate surface area is 207 Å². The van der Waals surface area contributed by atoms with Crippen LogP contribution in [0, 0.1) is 5.92 Å². The number of nitrogens with one attached hydrogen (secondary N) is 1. The summed E-state index contributed by atoms with van der Waals surface area (Å²) in [6.07, 6.45) is 11.0. The lowest BCUT2D eigenvalue weighted by molar-refractivity contribution is -0.143. The highest BCUT2D eigenvalue weighted by Crippen LogP contribution is 2.34. The number of aromatic nitrogens is 1. The molecule has 3 aliphatic rings. The quantitative estimate of drug-likeness (QED) is 0.470. The number of hydrogen-bond donors (Lipinski definition) is 2. The number of carbonyl (C=O) groups is 2. The summed E-state index contributed by atoms with van der Waals surface area (Å²) in [6, 6.07) is 2.46. The Bertz CT molecular complexity index is 1020. The number of amides is 1. The van der Waals surface area contributed by atoms with Crippen molar-refractivity contribution in [1.82, 2.24) is 14.6 Å². The van der Waals surface area contributed by atoms with E-state index < -0.39 is 34.0 Å². The number of aryl methyl sites for hydroxylation is 3. The molecule has 4 rings (SSSR count). The fourth-order valence-corrected chi connectivity index (χ4v) is 6.57. The van der Waals surface area contributed by atoms with Crippen LogP contribution in [0.5, 0.6) is 0 Å². The number of carboxylic acid groups (broad SMARTS) is 1. The minimum Gasteiger partial charge on any atom is -0.480 e. The first-order valence-corrected chi connectivity index (χ1v) is 14.6. The monoisotopic (exact) mass is 507 g/mol. The topological polar surface area (TPSA) is 126 Å². The third kappa shape index (κ3) is 6.80. The molecule has 9 nitrogen and oxygen atoms in total. The van der Waals surface area contributed by atoms with Crippen molar-refractivity contribution in [2.75, 3.05) is 19.4 Å². The van der Waals surface area contributed by atoms with Crippen LogP contribution in [0.2, 0.25) is 0 Å². The second-order valence-electron chi connectivity index (χ2n) is 10.2. The second-order valence-corrected chi connectivity index (χ2v) is 12.1. The van der Waals surface area contributed by atoms with E-state index in [1.54, 1.807) is 0 Å². The molecule has 0 spiro atoms. The van der Waals surface area contributed by atoms with Gasteiger partial charge in [0.1, 0.15) is 12.1 Å². The summed E-state index contributed by atoms with van der Waals surface area (Å²) in [5.41, 5.74) is 3.86. The van der Waals surface area contributed by atoms with Crippen LogP contribution >= 0.6 is 0 Å². The van der Waals surface area contributed by atoms with Crippen LogP contribution < -0.4 is 5.32 Å². The minimum atomic E-state index is -3.51. The van der Waals surface area contributed by atoms with E-state index in [9.17, 15) is 23.1 Å². The van der Waals surface area contributed by atoms with Crippen molar-refractivity contribution in [3.63, 3.8) is 0 Å². The van der Waals surface area contributed by atoms with E-state index >= 15 is 0 Å². The summed E-state index contributed by atoms with van der Waals surface area (Å²) < 4.78 is 30.7. The van der Waals surface area contributed by atoms with Gasteiger partial charge in [-0.3, -0.25) is 9.78 Å². The van der Waals surface area contributed by atoms with E-state index in [-0.39, 0.29) is 25.7 Å². The first kappa shape index (κ1) is 26.0. The van der Waals surface area contributed by atoms with Crippen LogP contribution in [-0.4, -0.2) is 72.3 Å². The smallest absolute Gasteiger partial charge is 0.326 e. The molecule has 2 unspecified atom stereocenters. The van der Waals surface area contributed by atoms with Crippen LogP contribution in [0.25, 0.3) is 0 Å². The van der Waals surface area contributed by atoms with Crippen LogP contribution in [0.3, 0.4) is 0 Å². The van der Waals surface area contributed by atoms with Gasteiger partial charge in [0, 0.05) is 31.0 Å². The number of fused-ring (bicyclic) bond motifs is 1. The normalized spacial score (nSPS) is 25.5. The third-order valence-electron chi connectivity index (χ3n) is 7.54. The number of pyridine rings is 1. The SMILES string of the molecule is CS(=O)(=O)N1CCCC1C(=O)NC(CCOC1CC(CCc2ccc3c(n2)CCCC3)C1)C(=O)O. The van der Waals surface area contributed by atoms with Gasteiger partial charge in [-0.05, 0) is 81.8 Å². The first-order valence-electron chi connectivity index (χ1n) is 12.8. The lowest BCUT2D eigenvalue weighted by atomic mass is 9.79. The number of rotatable bonds is 11. The third-order valence-corrected chi connectivity index (χ3v) is 8.83. The Morgan fingerprint density at radius 3 is 2.74 bits per heavy atom. The van der Waals surface area contributed by atoms with E-state index in [0.29, 0.717) is 18.8 Å². The van der Waals surface area contributed by atoms with Crippen molar-refractivity contribution in [2.45, 2.75) is 88.8 Å². The van der Waals surface area contributed by atoms with Gasteiger partial charge in [0.2, 0.25) is 15.9 Å². The minimum absolute atomic E-state index is 0.122. The molecule has 0 bridgehead atoms. The van der Waals surface area contributed by atoms with E-state index in [0.717, 1.165) is 49.1 Å². The maximum absolute atomic E-state index is 12.6. The van der Waals surface area contributed by atoms with Crippen molar-refractivity contribution in [1.29, 1.82) is 0 Å². The summed E-state index contributed by atoms with van der Waals surface area (Å²) in [5.74, 6) is -1.10. The molecule has 2 heterocycles. The molecule has 1 saturated heterocycles. The highest BCUT2D eigenvalue weighted by molar-refractivity contribution is 7.88. The van der Waals surface area contributed by atoms with Gasteiger partial charge in [0.05, 0.1) is 12.4 Å². The summed E-state index contributed by atoms with van der Waals surface area (Å²) in [5, 5.41) is 12.0. The number of ether oxygens (including phenoxy) is 1. The predicted octanol–water partition coefficient (Wildman–Crippen LogP) is 2.07. The van der Waals surface area contributed by atoms with Gasteiger partial charge < -0.3 is 15.2 Å². The molecule has 2 aliphatic carbocycles. The van der Waals surface area contributed by atoms with Crippen LogP contribution in [0.15, 0.2) is 12.1 Å². The van der Waals surface area contributed by atoms with Crippen molar-refractivity contribution in [3.05, 3.63) is 29.1 Å². The van der Waals surface area contributed by atoms with E-state index in [4.69, 9.17) is 9.72 Å². The Kier molecular flexibility index (Phi) is 8.44. The number of carbonyl (C=O) groups excluding carboxylic acids is 1. The van der Waals surface area contributed by atoms with Gasteiger partial charge in [-0.15, -0.1) is 0 Å². The fourth-order valence-electron chi connectivity index (χ4n) is 5.44. The predicted molar refractivity (Wildman–Crippen MR) is 130 cm³/mol. The molecule has 1 aromatic rings. The van der Waals surface area contributed by atoms with E-state index in [1.165, 1.54) is 29.8 Å². The molecule has 1 amide bonds. The Morgan fingerprint density at radius 1 is 1.23 bits per heavy atom. The molecular formula is C25H37N3O6S. The number of sulfonamides is 1. The molecule has 1 aliphatic heterocycles. The largest absolute Gasteiger partial charge is 0.480 e. The number of aliphatic carboxylic acids is 1. The first-order chi connectivity index (χ1) is 16.7. The van der Waals surface area contributed by atoms with Gasteiger partial charge >= 0.3 is 5.97 Å². The zero-order valence-electron chi connectivity index (χ0n) is 20.4. The molecular weight excluding hydrogens is 470 g/mol. The molecule has 1 saturated carbocycles. The lowest BCUT2D eigenvalue weighted by Crippen LogP contribution is -2.51. The van der Waals surface area contributed by atoms with Gasteiger partial charge in [-0.1, -0.05) is 6.07 Å². The molecule has 2 N–H and O–H groups in total. The maximum Gasteiger partial charge on any atom is 0.326 e. The lowest BCUT2D eigenvalue weighted by Gasteiger charge is -2.35. The summed E-state index contributed by atoms with van der Waals surface area (Å²) in [7, 11) is -3.51. The molecule has 10 heteroatoms. The molecule has 0 radical (unpaired) electrons. The number of carboxylic acids is 1. The highest BCUT2D eigenvalue weighted by atomic mass is 32.2. The fraction of sp³-hybridized carbons (Fsp3) is 0.720. The zero-order valence-corrected chi connectivity index (χ0v) is 21.3. The number of nitrogens with zero attached hydrogens (tertiary/aromatic N) is 2. The van der Waals surface area contributed by atoms with E-state index in [2.05, 4.69) is 17.4 Å². The van der Waals surface area contributed by atoms with E-state index in [1.807, 2.05) is 0 Å². The summed E-state index contributed by atoms with van der Waals surface area (Å²) in [6.45, 7) is 0.518. The van der Waals surface area contributed by atoms with Crippen LogP contribution in [-0.2, 0) is 43.6 Å². The molecule has 35 heavy (non-hydrogen) atoms. The Morgan fingerprint density at radius 2 is 2.00 bits per heavy atom. The molecule has 0 aromatic carbocycles. The van der Waals surface area contributed by atoms with Gasteiger partial charge in [0.15, 0.2) is 0 Å². The molecule has 2 fully saturated rings. The molecule has 194 valence electrons. The van der Waals surface area contributed by atoms with Crippen molar-refractivity contribution >= 4 is 21.9 Å². The van der Waals surface area contributed by atoms with Crippen LogP contribution in [0.1, 0.15) is 68.3 Å². The highest BCUT2D eigenvalue weighted by Gasteiger charge is 2.38. The Balaban J connectivity index is 1.15. The number of hydrogen-bond acceptors (Lipinski definition) is 6. The average molecular weight is 508 g/mol. The molecule has 2 atom stereocenters. The van der Waals surface area contributed by atoms with Crippen molar-refractivity contribution < 1.29 is 27.9 Å². The summed E-state index contributed by atoms with van der Waals surface area (Å²) >= 11 is 0. The van der Waals surface area contributed by atoms with Crippen LogP contribution in [0.4, 0.5) is 0 Å². The summed E-state index contributed by atoms with van der Waals surface area (Å²) in [4.78, 5) is 29.1. The van der Waals surface area contributed by atoms with Crippen molar-refractivity contribution in [2.24, 2.45) is 5.92 Å². The van der Waals surface area contributed by atoms with Gasteiger partial charge in [0.25, 0.3) is 0 Å². The standard InChI is InChI=1S/C25H37N3O6S/c1-35(32,33)28-13-4-7-23(28)24(29)27-22(25(30)31)12-14-34-20-15-17(16-20)8-10-19-11-9-18-5-2-3-6-21(18)26-19/h9,11,17,20,22-23H,2-8,10,12-16H2,1H3,(H,27,29)(H,30,31). The van der Waals surface area contributed by atoms with Gasteiger partial charge in [-0.25, -0.2) is 13.2 Å². The molecule has 1 aromatic heterocycles. The average Bonchev–Trinajstić information content (AvgIpc) is 3.29. The Hall–Kier alpha value is -2.04. The second kappa shape index (κ2) is 11.3.